The summed E-state index contributed by atoms with van der Waals surface area (Å²) in [6, 6.07) is 22.8. The minimum Gasteiger partial charge on any atom is -0.489 e. The van der Waals surface area contributed by atoms with Gasteiger partial charge in [0.15, 0.2) is 0 Å². The van der Waals surface area contributed by atoms with Crippen molar-refractivity contribution in [3.63, 3.8) is 0 Å². The molecule has 0 fully saturated rings. The van der Waals surface area contributed by atoms with Crippen molar-refractivity contribution in [2.45, 2.75) is 6.61 Å². The van der Waals surface area contributed by atoms with E-state index in [0.717, 1.165) is 5.56 Å². The molecule has 158 valence electrons. The third-order valence-corrected chi connectivity index (χ3v) is 4.16. The number of carbonyl (C=O) groups is 2. The molecule has 6 nitrogen and oxygen atoms in total. The summed E-state index contributed by atoms with van der Waals surface area (Å²) in [5.74, 6) is 0.186. The summed E-state index contributed by atoms with van der Waals surface area (Å²) in [5, 5.41) is -0.238. The highest BCUT2D eigenvalue weighted by Gasteiger charge is 2.10. The lowest BCUT2D eigenvalue weighted by Crippen LogP contribution is -2.10. The maximum absolute atomic E-state index is 12.3. The number of esters is 2. The first-order valence-corrected chi connectivity index (χ1v) is 9.62. The summed E-state index contributed by atoms with van der Waals surface area (Å²) in [7, 11) is 0. The molecule has 0 N–H and O–H groups in total. The highest BCUT2D eigenvalue weighted by molar-refractivity contribution is 6.40. The van der Waals surface area contributed by atoms with Crippen molar-refractivity contribution in [3.05, 3.63) is 102 Å². The minimum absolute atomic E-state index is 0.238. The third kappa shape index (κ3) is 6.90. The molecule has 3 aromatic rings. The fourth-order valence-electron chi connectivity index (χ4n) is 2.43. The van der Waals surface area contributed by atoms with Crippen LogP contribution in [-0.2, 0) is 16.1 Å². The van der Waals surface area contributed by atoms with E-state index in [2.05, 4.69) is 6.58 Å². The van der Waals surface area contributed by atoms with E-state index in [-0.39, 0.29) is 11.8 Å². The second-order valence-corrected chi connectivity index (χ2v) is 6.71. The van der Waals surface area contributed by atoms with Crippen LogP contribution in [0.4, 0.5) is 0 Å². The van der Waals surface area contributed by atoms with Gasteiger partial charge in [-0.3, -0.25) is 0 Å². The van der Waals surface area contributed by atoms with Gasteiger partial charge in [0.25, 0.3) is 0 Å². The van der Waals surface area contributed by atoms with Crippen LogP contribution in [0.3, 0.4) is 0 Å². The number of rotatable bonds is 9. The average Bonchev–Trinajstić information content (AvgIpc) is 2.79. The summed E-state index contributed by atoms with van der Waals surface area (Å²) in [6.45, 7) is 3.38. The molecule has 0 heterocycles. The third-order valence-electron chi connectivity index (χ3n) is 4.01. The molecule has 3 aromatic carbocycles. The van der Waals surface area contributed by atoms with E-state index in [0.29, 0.717) is 29.4 Å². The van der Waals surface area contributed by atoms with Gasteiger partial charge in [-0.05, 0) is 54.1 Å². The predicted octanol–water partition coefficient (Wildman–Crippen LogP) is 5.12. The van der Waals surface area contributed by atoms with Gasteiger partial charge in [-0.1, -0.05) is 48.5 Å². The molecule has 0 saturated carbocycles. The van der Waals surface area contributed by atoms with Crippen molar-refractivity contribution >= 4 is 23.5 Å². The van der Waals surface area contributed by atoms with Gasteiger partial charge in [-0.2, -0.15) is 0 Å². The Hall–Kier alpha value is -3.77. The topological polar surface area (TPSA) is 71.1 Å². The van der Waals surface area contributed by atoms with Crippen LogP contribution in [0.2, 0.25) is 0 Å². The molecule has 0 aliphatic rings. The van der Waals surface area contributed by atoms with Crippen LogP contribution in [0.1, 0.15) is 15.9 Å². The zero-order valence-electron chi connectivity index (χ0n) is 16.5. The van der Waals surface area contributed by atoms with Gasteiger partial charge >= 0.3 is 11.9 Å². The first-order chi connectivity index (χ1) is 15.0. The second kappa shape index (κ2) is 10.8. The molecule has 0 radical (unpaired) electrons. The first-order valence-electron chi connectivity index (χ1n) is 9.24. The molecule has 31 heavy (non-hydrogen) atoms. The molecule has 0 aliphatic heterocycles. The van der Waals surface area contributed by atoms with Crippen molar-refractivity contribution in [2.24, 2.45) is 0 Å². The van der Waals surface area contributed by atoms with E-state index in [1.807, 2.05) is 30.3 Å². The molecule has 0 spiro atoms. The number of benzene rings is 3. The Bertz CT molecular complexity index is 1030. The summed E-state index contributed by atoms with van der Waals surface area (Å²) in [5.41, 5.74) is 1.40. The van der Waals surface area contributed by atoms with E-state index in [1.54, 1.807) is 36.4 Å². The normalized spacial score (nSPS) is 10.1. The van der Waals surface area contributed by atoms with Crippen molar-refractivity contribution in [3.8, 4) is 17.2 Å². The van der Waals surface area contributed by atoms with Crippen LogP contribution in [0, 0.1) is 0 Å². The van der Waals surface area contributed by atoms with Gasteiger partial charge < -0.3 is 18.9 Å². The maximum Gasteiger partial charge on any atom is 0.351 e. The number of hydrogen-bond acceptors (Lipinski definition) is 6. The average molecular weight is 439 g/mol. The molecular weight excluding hydrogens is 420 g/mol. The fourth-order valence-corrected chi connectivity index (χ4v) is 2.48. The maximum atomic E-state index is 12.3. The highest BCUT2D eigenvalue weighted by atomic mass is 35.5. The fraction of sp³-hybridized carbons (Fsp3) is 0.0833. The number of carbonyl (C=O) groups excluding carboxylic acids is 2. The Morgan fingerprint density at radius 1 is 0.774 bits per heavy atom. The molecule has 0 unspecified atom stereocenters. The van der Waals surface area contributed by atoms with E-state index < -0.39 is 11.9 Å². The Morgan fingerprint density at radius 2 is 1.35 bits per heavy atom. The lowest BCUT2D eigenvalue weighted by atomic mass is 10.2. The molecular formula is C24H19ClO6. The molecule has 3 rings (SSSR count). The van der Waals surface area contributed by atoms with Crippen LogP contribution in [0.15, 0.2) is 90.5 Å². The summed E-state index contributed by atoms with van der Waals surface area (Å²) in [4.78, 5) is 23.5. The lowest BCUT2D eigenvalue weighted by molar-refractivity contribution is -0.144. The zero-order chi connectivity index (χ0) is 22.1. The molecule has 7 heteroatoms. The van der Waals surface area contributed by atoms with E-state index in [4.69, 9.17) is 30.5 Å². The van der Waals surface area contributed by atoms with E-state index in [9.17, 15) is 9.59 Å². The van der Waals surface area contributed by atoms with Gasteiger partial charge in [-0.25, -0.2) is 9.59 Å². The Morgan fingerprint density at radius 3 is 2.00 bits per heavy atom. The number of halogens is 1. The van der Waals surface area contributed by atoms with Gasteiger partial charge in [0.2, 0.25) is 6.79 Å². The molecule has 0 aromatic heterocycles. The van der Waals surface area contributed by atoms with Crippen molar-refractivity contribution in [2.75, 3.05) is 6.79 Å². The van der Waals surface area contributed by atoms with Gasteiger partial charge in [0.05, 0.1) is 5.56 Å². The predicted molar refractivity (Wildman–Crippen MR) is 115 cm³/mol. The summed E-state index contributed by atoms with van der Waals surface area (Å²) in [6.07, 6.45) is 0. The number of hydrogen-bond donors (Lipinski definition) is 0. The SMILES string of the molecule is C=C(Cl)C(=O)OCOc1ccc(C(=O)Oc2ccc(OCc3ccccc3)cc2)cc1. The summed E-state index contributed by atoms with van der Waals surface area (Å²) < 4.78 is 21.0. The van der Waals surface area contributed by atoms with E-state index >= 15 is 0 Å². The zero-order valence-corrected chi connectivity index (χ0v) is 17.2. The quantitative estimate of drug-likeness (QED) is 0.200. The Balaban J connectivity index is 1.48. The largest absolute Gasteiger partial charge is 0.489 e. The van der Waals surface area contributed by atoms with Crippen molar-refractivity contribution in [1.82, 2.24) is 0 Å². The monoisotopic (exact) mass is 438 g/mol. The molecule has 0 amide bonds. The van der Waals surface area contributed by atoms with Crippen LogP contribution in [-0.4, -0.2) is 18.7 Å². The van der Waals surface area contributed by atoms with Gasteiger partial charge in [-0.15, -0.1) is 0 Å². The number of ether oxygens (including phenoxy) is 4. The minimum atomic E-state index is -0.765. The molecule has 0 aliphatic carbocycles. The van der Waals surface area contributed by atoms with Crippen LogP contribution >= 0.6 is 11.6 Å². The first kappa shape index (κ1) is 21.9. The van der Waals surface area contributed by atoms with Gasteiger partial charge in [0.1, 0.15) is 28.9 Å². The Labute approximate surface area is 184 Å². The lowest BCUT2D eigenvalue weighted by Gasteiger charge is -2.09. The van der Waals surface area contributed by atoms with Crippen molar-refractivity contribution < 1.29 is 28.5 Å². The summed E-state index contributed by atoms with van der Waals surface area (Å²) >= 11 is 5.40. The standard InChI is InChI=1S/C24H19ClO6/c1-17(25)23(26)30-16-29-21-9-7-19(8-10-21)24(27)31-22-13-11-20(12-14-22)28-15-18-5-3-2-4-6-18/h2-14H,1,15-16H2. The molecule has 0 bridgehead atoms. The van der Waals surface area contributed by atoms with Crippen LogP contribution < -0.4 is 14.2 Å². The van der Waals surface area contributed by atoms with Gasteiger partial charge in [0, 0.05) is 0 Å². The van der Waals surface area contributed by atoms with Crippen LogP contribution in [0.25, 0.3) is 0 Å². The Kier molecular flexibility index (Phi) is 7.67. The van der Waals surface area contributed by atoms with Crippen LogP contribution in [0.5, 0.6) is 17.2 Å². The second-order valence-electron chi connectivity index (χ2n) is 6.26. The highest BCUT2D eigenvalue weighted by Crippen LogP contribution is 2.20. The molecule has 0 atom stereocenters. The van der Waals surface area contributed by atoms with Crippen molar-refractivity contribution in [1.29, 1.82) is 0 Å². The van der Waals surface area contributed by atoms with E-state index in [1.165, 1.54) is 12.1 Å². The molecule has 0 saturated heterocycles. The smallest absolute Gasteiger partial charge is 0.351 e.